The third-order valence-corrected chi connectivity index (χ3v) is 8.55. The van der Waals surface area contributed by atoms with Gasteiger partial charge in [-0.3, -0.25) is 19.2 Å². The van der Waals surface area contributed by atoms with Gasteiger partial charge in [0, 0.05) is 31.9 Å². The number of rotatable bonds is 11. The molecule has 0 aliphatic rings. The summed E-state index contributed by atoms with van der Waals surface area (Å²) >= 11 is 4.76. The second-order valence-corrected chi connectivity index (χ2v) is 12.3. The molecule has 5 aromatic rings. The average Bonchev–Trinajstić information content (AvgIpc) is 3.08. The molecule has 0 heterocycles. The lowest BCUT2D eigenvalue weighted by atomic mass is 10.1. The van der Waals surface area contributed by atoms with E-state index in [4.69, 9.17) is 5.73 Å². The summed E-state index contributed by atoms with van der Waals surface area (Å²) in [6.07, 6.45) is 1.60. The number of nitrogens with two attached hydrogens (primary N) is 1. The van der Waals surface area contributed by atoms with Gasteiger partial charge in [-0.15, -0.1) is 11.8 Å². The summed E-state index contributed by atoms with van der Waals surface area (Å²) in [5, 5.41) is 7.90. The number of hydrogen-bond acceptors (Lipinski definition) is 5. The van der Waals surface area contributed by atoms with E-state index in [1.807, 2.05) is 60.7 Å². The second-order valence-electron chi connectivity index (χ2n) is 10.3. The largest absolute Gasteiger partial charge is 0.366 e. The molecule has 0 radical (unpaired) electrons. The molecule has 4 amide bonds. The van der Waals surface area contributed by atoms with Crippen LogP contribution in [-0.4, -0.2) is 23.6 Å². The molecule has 0 fully saturated rings. The average molecular weight is 706 g/mol. The molecule has 1 atom stereocenters. The van der Waals surface area contributed by atoms with Crippen molar-refractivity contribution in [2.45, 2.75) is 10.1 Å². The molecular weight excluding hydrogens is 676 g/mol. The Morgan fingerprint density at radius 3 is 2.04 bits per heavy atom. The van der Waals surface area contributed by atoms with Crippen LogP contribution in [0.25, 0.3) is 6.08 Å². The standard InChI is InChI=1S/C37H29BrN4O4S/c38-28-14-7-9-24(21-28)22-32(42-35(44)27-12-5-2-6-13-27)36(45)41-30-15-8-16-31(23-30)47-33(25-10-3-1-4-11-25)37(46)40-29-19-17-26(18-20-29)34(39)43/h1-23,33H,(H2,39,43)(H,40,46)(H,41,45)(H,42,44)/b32-22+. The fourth-order valence-electron chi connectivity index (χ4n) is 4.51. The van der Waals surface area contributed by atoms with Crippen LogP contribution < -0.4 is 21.7 Å². The van der Waals surface area contributed by atoms with Gasteiger partial charge in [-0.25, -0.2) is 0 Å². The van der Waals surface area contributed by atoms with Gasteiger partial charge in [0.2, 0.25) is 11.8 Å². The number of carbonyl (C=O) groups is 4. The number of anilines is 2. The van der Waals surface area contributed by atoms with Crippen molar-refractivity contribution in [3.05, 3.63) is 166 Å². The van der Waals surface area contributed by atoms with Crippen LogP contribution in [0.15, 0.2) is 149 Å². The first-order chi connectivity index (χ1) is 22.7. The van der Waals surface area contributed by atoms with Crippen LogP contribution in [0.3, 0.4) is 0 Å². The van der Waals surface area contributed by atoms with Crippen molar-refractivity contribution in [2.75, 3.05) is 10.6 Å². The zero-order chi connectivity index (χ0) is 33.2. The van der Waals surface area contributed by atoms with Crippen molar-refractivity contribution in [2.24, 2.45) is 5.73 Å². The van der Waals surface area contributed by atoms with Crippen molar-refractivity contribution in [1.29, 1.82) is 0 Å². The van der Waals surface area contributed by atoms with Gasteiger partial charge in [-0.1, -0.05) is 82.7 Å². The number of amides is 4. The Morgan fingerprint density at radius 1 is 0.681 bits per heavy atom. The van der Waals surface area contributed by atoms with Crippen molar-refractivity contribution in [3.63, 3.8) is 0 Å². The molecular formula is C37H29BrN4O4S. The predicted molar refractivity (Wildman–Crippen MR) is 190 cm³/mol. The van der Waals surface area contributed by atoms with Crippen molar-refractivity contribution in [3.8, 4) is 0 Å². The molecule has 0 saturated carbocycles. The lowest BCUT2D eigenvalue weighted by molar-refractivity contribution is -0.116. The number of nitrogens with one attached hydrogen (secondary N) is 3. The molecule has 8 nitrogen and oxygen atoms in total. The van der Waals surface area contributed by atoms with E-state index in [1.54, 1.807) is 78.9 Å². The third kappa shape index (κ3) is 9.29. The van der Waals surface area contributed by atoms with Gasteiger partial charge in [0.25, 0.3) is 11.8 Å². The van der Waals surface area contributed by atoms with Crippen molar-refractivity contribution in [1.82, 2.24) is 5.32 Å². The minimum Gasteiger partial charge on any atom is -0.366 e. The lowest BCUT2D eigenvalue weighted by Gasteiger charge is -2.18. The zero-order valence-electron chi connectivity index (χ0n) is 24.9. The van der Waals surface area contributed by atoms with E-state index in [2.05, 4.69) is 31.9 Å². The summed E-state index contributed by atoms with van der Waals surface area (Å²) in [5.41, 5.74) is 8.63. The summed E-state index contributed by atoms with van der Waals surface area (Å²) in [7, 11) is 0. The van der Waals surface area contributed by atoms with E-state index in [0.29, 0.717) is 28.1 Å². The summed E-state index contributed by atoms with van der Waals surface area (Å²) in [4.78, 5) is 52.3. The highest BCUT2D eigenvalue weighted by molar-refractivity contribution is 9.10. The molecule has 1 unspecified atom stereocenters. The second kappa shape index (κ2) is 15.7. The zero-order valence-corrected chi connectivity index (χ0v) is 27.3. The first-order valence-electron chi connectivity index (χ1n) is 14.4. The number of halogens is 1. The molecule has 5 N–H and O–H groups in total. The summed E-state index contributed by atoms with van der Waals surface area (Å²) in [6.45, 7) is 0. The Labute approximate surface area is 284 Å². The van der Waals surface area contributed by atoms with Crippen molar-refractivity contribution >= 4 is 68.8 Å². The molecule has 0 spiro atoms. The van der Waals surface area contributed by atoms with Crippen molar-refractivity contribution < 1.29 is 19.2 Å². The molecule has 5 rings (SSSR count). The SMILES string of the molecule is NC(=O)c1ccc(NC(=O)C(Sc2cccc(NC(=O)/C(=C\c3cccc(Br)c3)NC(=O)c3ccccc3)c2)c2ccccc2)cc1. The molecule has 5 aromatic carbocycles. The topological polar surface area (TPSA) is 130 Å². The minimum atomic E-state index is -0.643. The van der Waals surface area contributed by atoms with Gasteiger partial charge in [-0.2, -0.15) is 0 Å². The van der Waals surface area contributed by atoms with Crippen LogP contribution in [0.5, 0.6) is 0 Å². The molecule has 47 heavy (non-hydrogen) atoms. The summed E-state index contributed by atoms with van der Waals surface area (Å²) in [6, 6.07) is 38.8. The molecule has 0 saturated heterocycles. The van der Waals surface area contributed by atoms with Crippen LogP contribution in [0, 0.1) is 0 Å². The maximum absolute atomic E-state index is 13.6. The van der Waals surface area contributed by atoms with E-state index in [0.717, 1.165) is 14.9 Å². The quantitative estimate of drug-likeness (QED) is 0.0839. The predicted octanol–water partition coefficient (Wildman–Crippen LogP) is 7.43. The Kier molecular flexibility index (Phi) is 11.0. The maximum atomic E-state index is 13.6. The fraction of sp³-hybridized carbons (Fsp3) is 0.0270. The third-order valence-electron chi connectivity index (χ3n) is 6.81. The summed E-state index contributed by atoms with van der Waals surface area (Å²) in [5.74, 6) is -1.77. The Balaban J connectivity index is 1.36. The van der Waals surface area contributed by atoms with Crippen LogP contribution >= 0.6 is 27.7 Å². The Hall–Kier alpha value is -5.45. The van der Waals surface area contributed by atoms with Crippen LogP contribution in [0.1, 0.15) is 37.1 Å². The van der Waals surface area contributed by atoms with Gasteiger partial charge in [0.05, 0.1) is 0 Å². The van der Waals surface area contributed by atoms with Gasteiger partial charge in [-0.05, 0) is 83.9 Å². The Bertz CT molecular complexity index is 1930. The molecule has 0 aliphatic carbocycles. The van der Waals surface area contributed by atoms with E-state index in [-0.39, 0.29) is 11.6 Å². The van der Waals surface area contributed by atoms with Gasteiger partial charge in [0.1, 0.15) is 10.9 Å². The number of thioether (sulfide) groups is 1. The molecule has 10 heteroatoms. The van der Waals surface area contributed by atoms with Gasteiger partial charge >= 0.3 is 0 Å². The number of hydrogen-bond donors (Lipinski definition) is 4. The molecule has 0 bridgehead atoms. The number of carbonyl (C=O) groups excluding carboxylic acids is 4. The molecule has 234 valence electrons. The lowest BCUT2D eigenvalue weighted by Crippen LogP contribution is -2.30. The first-order valence-corrected chi connectivity index (χ1v) is 16.1. The van der Waals surface area contributed by atoms with Crippen LogP contribution in [0.2, 0.25) is 0 Å². The van der Waals surface area contributed by atoms with Gasteiger partial charge in [0.15, 0.2) is 0 Å². The highest BCUT2D eigenvalue weighted by Gasteiger charge is 2.23. The monoisotopic (exact) mass is 704 g/mol. The van der Waals surface area contributed by atoms with Crippen LogP contribution in [0.4, 0.5) is 11.4 Å². The van der Waals surface area contributed by atoms with Crippen LogP contribution in [-0.2, 0) is 9.59 Å². The van der Waals surface area contributed by atoms with E-state index < -0.39 is 23.0 Å². The van der Waals surface area contributed by atoms with E-state index in [1.165, 1.54) is 11.8 Å². The number of primary amides is 1. The smallest absolute Gasteiger partial charge is 0.272 e. The van der Waals surface area contributed by atoms with Gasteiger partial charge < -0.3 is 21.7 Å². The Morgan fingerprint density at radius 2 is 1.36 bits per heavy atom. The highest BCUT2D eigenvalue weighted by Crippen LogP contribution is 2.37. The maximum Gasteiger partial charge on any atom is 0.272 e. The van der Waals surface area contributed by atoms with E-state index >= 15 is 0 Å². The molecule has 0 aliphatic heterocycles. The minimum absolute atomic E-state index is 0.0545. The summed E-state index contributed by atoms with van der Waals surface area (Å²) < 4.78 is 0.824. The van der Waals surface area contributed by atoms with E-state index in [9.17, 15) is 19.2 Å². The highest BCUT2D eigenvalue weighted by atomic mass is 79.9. The molecule has 0 aromatic heterocycles. The number of benzene rings is 5. The fourth-order valence-corrected chi connectivity index (χ4v) is 6.01. The first kappa shape index (κ1) is 32.9. The normalized spacial score (nSPS) is 11.6.